The number of halogens is 1. The quantitative estimate of drug-likeness (QED) is 0.663. The number of hydrogen-bond acceptors (Lipinski definition) is 4. The molecule has 0 aliphatic carbocycles. The molecule has 0 spiro atoms. The Bertz CT molecular complexity index is 766. The van der Waals surface area contributed by atoms with Crippen molar-refractivity contribution in [2.24, 2.45) is 0 Å². The normalized spacial score (nSPS) is 12.3. The first-order valence-electron chi connectivity index (χ1n) is 7.38. The van der Waals surface area contributed by atoms with Gasteiger partial charge in [-0.3, -0.25) is 0 Å². The summed E-state index contributed by atoms with van der Waals surface area (Å²) in [6.45, 7) is 4.39. The van der Waals surface area contributed by atoms with Crippen molar-refractivity contribution in [3.05, 3.63) is 70.6 Å². The van der Waals surface area contributed by atoms with Gasteiger partial charge in [-0.05, 0) is 43.7 Å². The minimum absolute atomic E-state index is 0.280. The molecule has 0 saturated carbocycles. The molecule has 4 nitrogen and oxygen atoms in total. The number of aryl methyl sites for hydroxylation is 1. The lowest BCUT2D eigenvalue weighted by Crippen LogP contribution is -2.00. The third kappa shape index (κ3) is 3.97. The molecule has 118 valence electrons. The van der Waals surface area contributed by atoms with E-state index >= 15 is 0 Å². The highest BCUT2D eigenvalue weighted by molar-refractivity contribution is 6.30. The van der Waals surface area contributed by atoms with Crippen LogP contribution in [0.1, 0.15) is 30.0 Å². The Morgan fingerprint density at radius 2 is 1.74 bits per heavy atom. The first kappa shape index (κ1) is 15.7. The van der Waals surface area contributed by atoms with E-state index in [0.717, 1.165) is 11.1 Å². The summed E-state index contributed by atoms with van der Waals surface area (Å²) < 4.78 is 11.5. The lowest BCUT2D eigenvalue weighted by atomic mass is 10.1. The molecule has 2 aromatic carbocycles. The molecule has 3 aromatic rings. The zero-order valence-corrected chi connectivity index (χ0v) is 13.7. The molecule has 0 fully saturated rings. The van der Waals surface area contributed by atoms with Gasteiger partial charge >= 0.3 is 0 Å². The van der Waals surface area contributed by atoms with Gasteiger partial charge in [-0.1, -0.05) is 41.4 Å². The predicted molar refractivity (Wildman–Crippen MR) is 89.1 cm³/mol. The summed E-state index contributed by atoms with van der Waals surface area (Å²) in [6, 6.07) is 15.5. The van der Waals surface area contributed by atoms with Crippen molar-refractivity contribution in [2.45, 2.75) is 26.6 Å². The van der Waals surface area contributed by atoms with Gasteiger partial charge in [-0.25, -0.2) is 0 Å². The smallest absolute Gasteiger partial charge is 0.247 e. The van der Waals surface area contributed by atoms with Crippen LogP contribution in [-0.4, -0.2) is 10.2 Å². The summed E-state index contributed by atoms with van der Waals surface area (Å²) >= 11 is 5.87. The zero-order chi connectivity index (χ0) is 16.2. The Balaban J connectivity index is 1.65. The van der Waals surface area contributed by atoms with Crippen LogP contribution in [-0.2, 0) is 11.3 Å². The predicted octanol–water partition coefficient (Wildman–Crippen LogP) is 4.98. The third-order valence-corrected chi connectivity index (χ3v) is 3.75. The highest BCUT2D eigenvalue weighted by Crippen LogP contribution is 2.23. The van der Waals surface area contributed by atoms with Crippen LogP contribution in [0, 0.1) is 6.92 Å². The van der Waals surface area contributed by atoms with Gasteiger partial charge in [0.1, 0.15) is 6.10 Å². The molecular weight excluding hydrogens is 312 g/mol. The monoisotopic (exact) mass is 328 g/mol. The van der Waals surface area contributed by atoms with Crippen LogP contribution >= 0.6 is 11.6 Å². The molecule has 1 heterocycles. The first-order valence-corrected chi connectivity index (χ1v) is 7.76. The Morgan fingerprint density at radius 1 is 1.04 bits per heavy atom. The first-order chi connectivity index (χ1) is 11.1. The summed E-state index contributed by atoms with van der Waals surface area (Å²) in [5, 5.41) is 8.88. The second-order valence-corrected chi connectivity index (χ2v) is 5.83. The minimum atomic E-state index is -0.280. The molecule has 0 saturated heterocycles. The molecule has 5 heteroatoms. The van der Waals surface area contributed by atoms with Crippen LogP contribution in [0.15, 0.2) is 52.9 Å². The summed E-state index contributed by atoms with van der Waals surface area (Å²) in [5.41, 5.74) is 3.13. The Labute approximate surface area is 140 Å². The number of rotatable bonds is 5. The highest BCUT2D eigenvalue weighted by atomic mass is 35.5. The molecule has 3 rings (SSSR count). The summed E-state index contributed by atoms with van der Waals surface area (Å²) in [5.74, 6) is 0.969. The van der Waals surface area contributed by atoms with Gasteiger partial charge in [0.25, 0.3) is 0 Å². The Kier molecular flexibility index (Phi) is 4.74. The lowest BCUT2D eigenvalue weighted by Gasteiger charge is -2.09. The van der Waals surface area contributed by atoms with Crippen LogP contribution in [0.4, 0.5) is 0 Å². The van der Waals surface area contributed by atoms with E-state index in [1.165, 1.54) is 5.56 Å². The van der Waals surface area contributed by atoms with Crippen LogP contribution in [0.2, 0.25) is 5.02 Å². The van der Waals surface area contributed by atoms with Gasteiger partial charge < -0.3 is 9.15 Å². The van der Waals surface area contributed by atoms with E-state index in [-0.39, 0.29) is 6.10 Å². The van der Waals surface area contributed by atoms with Crippen molar-refractivity contribution in [1.82, 2.24) is 10.2 Å². The van der Waals surface area contributed by atoms with Crippen molar-refractivity contribution in [2.75, 3.05) is 0 Å². The van der Waals surface area contributed by atoms with E-state index in [1.54, 1.807) is 0 Å². The fraction of sp³-hybridized carbons (Fsp3) is 0.222. The van der Waals surface area contributed by atoms with E-state index in [0.29, 0.717) is 23.4 Å². The largest absolute Gasteiger partial charge is 0.418 e. The fourth-order valence-electron chi connectivity index (χ4n) is 2.08. The topological polar surface area (TPSA) is 48.2 Å². The zero-order valence-electron chi connectivity index (χ0n) is 13.0. The van der Waals surface area contributed by atoms with Crippen LogP contribution in [0.5, 0.6) is 0 Å². The second kappa shape index (κ2) is 6.94. The minimum Gasteiger partial charge on any atom is -0.418 e. The molecule has 1 unspecified atom stereocenters. The molecule has 0 bridgehead atoms. The molecular formula is C18H17ClN2O2. The molecule has 0 radical (unpaired) electrons. The average molecular weight is 329 g/mol. The molecule has 0 aliphatic heterocycles. The number of ether oxygens (including phenoxy) is 1. The van der Waals surface area contributed by atoms with Gasteiger partial charge in [-0.15, -0.1) is 10.2 Å². The lowest BCUT2D eigenvalue weighted by molar-refractivity contribution is 0.0348. The number of nitrogens with zero attached hydrogens (tertiary/aromatic N) is 2. The maximum Gasteiger partial charge on any atom is 0.247 e. The van der Waals surface area contributed by atoms with Gasteiger partial charge in [0, 0.05) is 10.6 Å². The highest BCUT2D eigenvalue weighted by Gasteiger charge is 2.15. The van der Waals surface area contributed by atoms with Crippen molar-refractivity contribution in [3.63, 3.8) is 0 Å². The number of benzene rings is 2. The van der Waals surface area contributed by atoms with Crippen LogP contribution in [0.3, 0.4) is 0 Å². The van der Waals surface area contributed by atoms with Gasteiger partial charge in [0.15, 0.2) is 0 Å². The molecule has 23 heavy (non-hydrogen) atoms. The van der Waals surface area contributed by atoms with Gasteiger partial charge in [0.05, 0.1) is 6.61 Å². The van der Waals surface area contributed by atoms with E-state index in [2.05, 4.69) is 10.2 Å². The van der Waals surface area contributed by atoms with Crippen molar-refractivity contribution >= 4 is 11.6 Å². The van der Waals surface area contributed by atoms with Gasteiger partial charge in [0.2, 0.25) is 11.8 Å². The van der Waals surface area contributed by atoms with Crippen molar-refractivity contribution in [3.8, 4) is 11.5 Å². The maximum absolute atomic E-state index is 5.87. The van der Waals surface area contributed by atoms with E-state index in [9.17, 15) is 0 Å². The summed E-state index contributed by atoms with van der Waals surface area (Å²) in [4.78, 5) is 0. The molecule has 1 aromatic heterocycles. The van der Waals surface area contributed by atoms with Crippen LogP contribution in [0.25, 0.3) is 11.5 Å². The van der Waals surface area contributed by atoms with Crippen molar-refractivity contribution in [1.29, 1.82) is 0 Å². The second-order valence-electron chi connectivity index (χ2n) is 5.39. The molecule has 0 aliphatic rings. The Morgan fingerprint density at radius 3 is 2.43 bits per heavy atom. The maximum atomic E-state index is 5.87. The third-order valence-electron chi connectivity index (χ3n) is 3.50. The number of hydrogen-bond donors (Lipinski definition) is 0. The van der Waals surface area contributed by atoms with Crippen LogP contribution < -0.4 is 0 Å². The molecule has 0 amide bonds. The standard InChI is InChI=1S/C18H17ClN2O2/c1-12-3-7-15(8-4-12)18-21-20-17(23-18)13(2)22-11-14-5-9-16(19)10-6-14/h3-10,13H,11H2,1-2H3. The fourth-order valence-corrected chi connectivity index (χ4v) is 2.21. The van der Waals surface area contributed by atoms with E-state index in [1.807, 2.05) is 62.4 Å². The SMILES string of the molecule is Cc1ccc(-c2nnc(C(C)OCc3ccc(Cl)cc3)o2)cc1. The average Bonchev–Trinajstić information content (AvgIpc) is 3.05. The molecule has 0 N–H and O–H groups in total. The summed E-state index contributed by atoms with van der Waals surface area (Å²) in [7, 11) is 0. The van der Waals surface area contributed by atoms with E-state index < -0.39 is 0 Å². The summed E-state index contributed by atoms with van der Waals surface area (Å²) in [6.07, 6.45) is -0.280. The number of aromatic nitrogens is 2. The molecule has 1 atom stereocenters. The van der Waals surface area contributed by atoms with Crippen molar-refractivity contribution < 1.29 is 9.15 Å². The van der Waals surface area contributed by atoms with E-state index in [4.69, 9.17) is 20.8 Å². The van der Waals surface area contributed by atoms with Gasteiger partial charge in [-0.2, -0.15) is 0 Å². The Hall–Kier alpha value is -2.17.